The van der Waals surface area contributed by atoms with Gasteiger partial charge in [0.2, 0.25) is 0 Å². The highest BCUT2D eigenvalue weighted by molar-refractivity contribution is 5.84. The van der Waals surface area contributed by atoms with Crippen LogP contribution in [0.2, 0.25) is 0 Å². The van der Waals surface area contributed by atoms with E-state index in [2.05, 4.69) is 10.3 Å². The molecule has 0 saturated carbocycles. The molecule has 0 saturated heterocycles. The Kier molecular flexibility index (Phi) is 4.62. The number of hydrogen-bond donors (Lipinski definition) is 5. The molecule has 6 heteroatoms. The monoisotopic (exact) mass is 290 g/mol. The maximum absolute atomic E-state index is 10.6. The third-order valence-electron chi connectivity index (χ3n) is 3.65. The molecule has 0 aliphatic heterocycles. The van der Waals surface area contributed by atoms with Crippen molar-refractivity contribution in [2.75, 3.05) is 13.1 Å². The number of carboxylic acid groups (broad SMARTS) is 1. The highest BCUT2D eigenvalue weighted by Crippen LogP contribution is 2.26. The van der Waals surface area contributed by atoms with Crippen LogP contribution in [0, 0.1) is 0 Å². The minimum Gasteiger partial charge on any atom is -0.480 e. The van der Waals surface area contributed by atoms with Crippen molar-refractivity contribution < 1.29 is 9.90 Å². The predicted octanol–water partition coefficient (Wildman–Crippen LogP) is 0.733. The summed E-state index contributed by atoms with van der Waals surface area (Å²) in [7, 11) is 0. The lowest BCUT2D eigenvalue weighted by molar-refractivity contribution is -0.138. The van der Waals surface area contributed by atoms with Gasteiger partial charge in [0.15, 0.2) is 0 Å². The number of hydrogen-bond acceptors (Lipinski definition) is 4. The number of nitrogens with one attached hydrogen (secondary N) is 2. The molecule has 2 aromatic rings. The van der Waals surface area contributed by atoms with Gasteiger partial charge in [0.1, 0.15) is 6.04 Å². The summed E-state index contributed by atoms with van der Waals surface area (Å²) >= 11 is 0. The molecule has 1 heterocycles. The molecule has 7 N–H and O–H groups in total. The largest absolute Gasteiger partial charge is 0.480 e. The molecular formula is C15H22N4O2. The third-order valence-corrected chi connectivity index (χ3v) is 3.65. The maximum atomic E-state index is 10.6. The number of aromatic amines is 1. The highest BCUT2D eigenvalue weighted by Gasteiger charge is 2.24. The van der Waals surface area contributed by atoms with Crippen LogP contribution in [0.25, 0.3) is 10.9 Å². The van der Waals surface area contributed by atoms with E-state index in [1.165, 1.54) is 0 Å². The fourth-order valence-corrected chi connectivity index (χ4v) is 2.37. The van der Waals surface area contributed by atoms with Gasteiger partial charge in [0.05, 0.1) is 5.54 Å². The van der Waals surface area contributed by atoms with Crippen LogP contribution in [-0.2, 0) is 10.3 Å². The molecule has 2 rings (SSSR count). The SMILES string of the molecule is C[C@@](N)(CNCC[C@H](N)C(=O)O)c1c[nH]c2ccccc12. The van der Waals surface area contributed by atoms with E-state index in [9.17, 15) is 4.79 Å². The summed E-state index contributed by atoms with van der Waals surface area (Å²) in [5.74, 6) is -0.982. The van der Waals surface area contributed by atoms with E-state index >= 15 is 0 Å². The van der Waals surface area contributed by atoms with E-state index in [1.807, 2.05) is 37.4 Å². The molecule has 114 valence electrons. The van der Waals surface area contributed by atoms with Crippen LogP contribution in [0.3, 0.4) is 0 Å². The molecule has 0 spiro atoms. The molecule has 0 radical (unpaired) electrons. The average Bonchev–Trinajstić information content (AvgIpc) is 2.88. The molecule has 0 fully saturated rings. The number of aliphatic carboxylic acids is 1. The van der Waals surface area contributed by atoms with Gasteiger partial charge in [-0.05, 0) is 31.5 Å². The number of para-hydroxylation sites is 1. The molecule has 6 nitrogen and oxygen atoms in total. The Morgan fingerprint density at radius 1 is 1.48 bits per heavy atom. The first-order valence-corrected chi connectivity index (χ1v) is 6.96. The van der Waals surface area contributed by atoms with Crippen molar-refractivity contribution in [3.05, 3.63) is 36.0 Å². The molecule has 1 aromatic carbocycles. The zero-order valence-electron chi connectivity index (χ0n) is 12.1. The van der Waals surface area contributed by atoms with Gasteiger partial charge in [-0.1, -0.05) is 18.2 Å². The number of carboxylic acids is 1. The molecule has 0 aliphatic rings. The minimum atomic E-state index is -0.982. The lowest BCUT2D eigenvalue weighted by Crippen LogP contribution is -2.44. The summed E-state index contributed by atoms with van der Waals surface area (Å²) in [6, 6.07) is 7.16. The van der Waals surface area contributed by atoms with E-state index in [4.69, 9.17) is 16.6 Å². The summed E-state index contributed by atoms with van der Waals surface area (Å²) < 4.78 is 0. The van der Waals surface area contributed by atoms with Gasteiger partial charge in [0, 0.05) is 23.6 Å². The summed E-state index contributed by atoms with van der Waals surface area (Å²) in [6.07, 6.45) is 2.30. The fourth-order valence-electron chi connectivity index (χ4n) is 2.37. The van der Waals surface area contributed by atoms with Gasteiger partial charge in [-0.25, -0.2) is 0 Å². The molecule has 2 atom stereocenters. The van der Waals surface area contributed by atoms with E-state index in [0.717, 1.165) is 16.5 Å². The van der Waals surface area contributed by atoms with Crippen LogP contribution in [-0.4, -0.2) is 35.2 Å². The van der Waals surface area contributed by atoms with Gasteiger partial charge in [0.25, 0.3) is 0 Å². The minimum absolute atomic E-state index is 0.374. The standard InChI is InChI=1S/C15H22N4O2/c1-15(17,9-18-7-6-12(16)14(20)21)11-8-19-13-5-3-2-4-10(11)13/h2-5,8,12,18-19H,6-7,9,16-17H2,1H3,(H,20,21)/t12-,15+/m0/s1. The first-order chi connectivity index (χ1) is 9.92. The first kappa shape index (κ1) is 15.5. The normalized spacial score (nSPS) is 15.8. The van der Waals surface area contributed by atoms with Crippen LogP contribution < -0.4 is 16.8 Å². The van der Waals surface area contributed by atoms with Crippen LogP contribution in [0.5, 0.6) is 0 Å². The number of benzene rings is 1. The molecule has 0 aliphatic carbocycles. The molecule has 0 amide bonds. The van der Waals surface area contributed by atoms with Crippen LogP contribution in [0.1, 0.15) is 18.9 Å². The summed E-state index contributed by atoms with van der Waals surface area (Å²) in [5, 5.41) is 13.0. The van der Waals surface area contributed by atoms with Crippen molar-refractivity contribution in [3.63, 3.8) is 0 Å². The van der Waals surface area contributed by atoms with Crippen molar-refractivity contribution in [3.8, 4) is 0 Å². The Labute approximate surface area is 123 Å². The lowest BCUT2D eigenvalue weighted by atomic mass is 9.92. The van der Waals surface area contributed by atoms with E-state index < -0.39 is 17.6 Å². The van der Waals surface area contributed by atoms with Gasteiger partial charge in [-0.3, -0.25) is 4.79 Å². The number of rotatable bonds is 7. The predicted molar refractivity (Wildman–Crippen MR) is 82.9 cm³/mol. The first-order valence-electron chi connectivity index (χ1n) is 6.96. The van der Waals surface area contributed by atoms with E-state index in [-0.39, 0.29) is 0 Å². The molecule has 21 heavy (non-hydrogen) atoms. The second-order valence-corrected chi connectivity index (χ2v) is 5.58. The van der Waals surface area contributed by atoms with Crippen LogP contribution in [0.15, 0.2) is 30.5 Å². The third kappa shape index (κ3) is 3.60. The van der Waals surface area contributed by atoms with Crippen LogP contribution >= 0.6 is 0 Å². The second kappa shape index (κ2) is 6.26. The Hall–Kier alpha value is -1.89. The maximum Gasteiger partial charge on any atom is 0.320 e. The van der Waals surface area contributed by atoms with Crippen LogP contribution in [0.4, 0.5) is 0 Å². The number of H-pyrrole nitrogens is 1. The number of fused-ring (bicyclic) bond motifs is 1. The number of nitrogens with two attached hydrogens (primary N) is 2. The number of aromatic nitrogens is 1. The quantitative estimate of drug-likeness (QED) is 0.482. The molecular weight excluding hydrogens is 268 g/mol. The van der Waals surface area contributed by atoms with Crippen molar-refractivity contribution in [1.29, 1.82) is 0 Å². The zero-order chi connectivity index (χ0) is 15.5. The number of carbonyl (C=O) groups is 1. The zero-order valence-corrected chi connectivity index (χ0v) is 12.1. The molecule has 0 unspecified atom stereocenters. The Balaban J connectivity index is 1.97. The molecule has 0 bridgehead atoms. The van der Waals surface area contributed by atoms with Crippen molar-refractivity contribution in [2.24, 2.45) is 11.5 Å². The van der Waals surface area contributed by atoms with E-state index in [1.54, 1.807) is 0 Å². The smallest absolute Gasteiger partial charge is 0.320 e. The summed E-state index contributed by atoms with van der Waals surface area (Å²) in [4.78, 5) is 13.9. The fraction of sp³-hybridized carbons (Fsp3) is 0.400. The lowest BCUT2D eigenvalue weighted by Gasteiger charge is -2.25. The Bertz CT molecular complexity index is 621. The second-order valence-electron chi connectivity index (χ2n) is 5.58. The van der Waals surface area contributed by atoms with Gasteiger partial charge >= 0.3 is 5.97 Å². The van der Waals surface area contributed by atoms with Crippen molar-refractivity contribution in [1.82, 2.24) is 10.3 Å². The van der Waals surface area contributed by atoms with Crippen molar-refractivity contribution in [2.45, 2.75) is 24.9 Å². The Morgan fingerprint density at radius 3 is 2.90 bits per heavy atom. The Morgan fingerprint density at radius 2 is 2.19 bits per heavy atom. The van der Waals surface area contributed by atoms with Crippen molar-refractivity contribution >= 4 is 16.9 Å². The van der Waals surface area contributed by atoms with E-state index in [0.29, 0.717) is 19.5 Å². The summed E-state index contributed by atoms with van der Waals surface area (Å²) in [5.41, 5.74) is 13.4. The van der Waals surface area contributed by atoms with Gasteiger partial charge in [-0.2, -0.15) is 0 Å². The van der Waals surface area contributed by atoms with Gasteiger partial charge in [-0.15, -0.1) is 0 Å². The highest BCUT2D eigenvalue weighted by atomic mass is 16.4. The van der Waals surface area contributed by atoms with Gasteiger partial charge < -0.3 is 26.9 Å². The molecule has 1 aromatic heterocycles. The summed E-state index contributed by atoms with van der Waals surface area (Å²) in [6.45, 7) is 3.01. The average molecular weight is 290 g/mol. The topological polar surface area (TPSA) is 117 Å².